The van der Waals surface area contributed by atoms with Gasteiger partial charge in [0.25, 0.3) is 0 Å². The van der Waals surface area contributed by atoms with Crippen molar-refractivity contribution < 1.29 is 19.1 Å². The van der Waals surface area contributed by atoms with Crippen LogP contribution in [0.2, 0.25) is 10.0 Å². The molecule has 2 unspecified atom stereocenters. The standard InChI is InChI=1S/C19H18Cl2N2O5/c1-11(23-14-6-2-3-7-15(14)28-19(23)26)18(25)22-9-12(24)10-27-16-8-4-5-13(20)17(16)21/h2-8,11-12,24H,9-10H2,1H3,(H,22,25). The van der Waals surface area contributed by atoms with E-state index in [9.17, 15) is 14.7 Å². The molecule has 0 saturated carbocycles. The zero-order valence-electron chi connectivity index (χ0n) is 14.9. The van der Waals surface area contributed by atoms with Gasteiger partial charge in [-0.3, -0.25) is 9.36 Å². The fourth-order valence-electron chi connectivity index (χ4n) is 2.67. The van der Waals surface area contributed by atoms with E-state index in [-0.39, 0.29) is 18.2 Å². The van der Waals surface area contributed by atoms with Crippen LogP contribution in [0.3, 0.4) is 0 Å². The molecule has 7 nitrogen and oxygen atoms in total. The number of para-hydroxylation sites is 2. The SMILES string of the molecule is CC(C(=O)NCC(O)COc1cccc(Cl)c1Cl)n1c(=O)oc2ccccc21. The molecular weight excluding hydrogens is 407 g/mol. The summed E-state index contributed by atoms with van der Waals surface area (Å²) in [7, 11) is 0. The van der Waals surface area contributed by atoms with Gasteiger partial charge in [0.2, 0.25) is 5.91 Å². The topological polar surface area (TPSA) is 93.7 Å². The first-order chi connectivity index (χ1) is 13.4. The number of benzene rings is 2. The Kier molecular flexibility index (Phi) is 6.28. The molecule has 148 valence electrons. The van der Waals surface area contributed by atoms with Crippen molar-refractivity contribution in [2.24, 2.45) is 0 Å². The minimum absolute atomic E-state index is 0.0636. The van der Waals surface area contributed by atoms with E-state index in [1.54, 1.807) is 49.4 Å². The summed E-state index contributed by atoms with van der Waals surface area (Å²) >= 11 is 11.9. The lowest BCUT2D eigenvalue weighted by Crippen LogP contribution is -2.40. The number of carbonyl (C=O) groups is 1. The average molecular weight is 425 g/mol. The van der Waals surface area contributed by atoms with E-state index < -0.39 is 23.8 Å². The maximum atomic E-state index is 12.4. The second kappa shape index (κ2) is 8.68. The number of fused-ring (bicyclic) bond motifs is 1. The highest BCUT2D eigenvalue weighted by molar-refractivity contribution is 6.42. The first kappa shape index (κ1) is 20.3. The van der Waals surface area contributed by atoms with Gasteiger partial charge in [-0.25, -0.2) is 4.79 Å². The molecule has 2 N–H and O–H groups in total. The largest absolute Gasteiger partial charge is 0.489 e. The van der Waals surface area contributed by atoms with Crippen LogP contribution in [0.25, 0.3) is 11.1 Å². The van der Waals surface area contributed by atoms with Crippen LogP contribution >= 0.6 is 23.2 Å². The maximum absolute atomic E-state index is 12.4. The third-order valence-corrected chi connectivity index (χ3v) is 4.95. The number of aliphatic hydroxyl groups is 1. The molecule has 0 aliphatic carbocycles. The molecule has 0 aliphatic heterocycles. The van der Waals surface area contributed by atoms with Crippen molar-refractivity contribution in [2.45, 2.75) is 19.1 Å². The van der Waals surface area contributed by atoms with Gasteiger partial charge in [-0.05, 0) is 31.2 Å². The van der Waals surface area contributed by atoms with E-state index in [4.69, 9.17) is 32.4 Å². The van der Waals surface area contributed by atoms with Crippen LogP contribution in [-0.2, 0) is 4.79 Å². The number of aromatic nitrogens is 1. The fraction of sp³-hybridized carbons (Fsp3) is 0.263. The number of ether oxygens (including phenoxy) is 1. The second-order valence-electron chi connectivity index (χ2n) is 6.14. The third-order valence-electron chi connectivity index (χ3n) is 4.14. The average Bonchev–Trinajstić information content (AvgIpc) is 3.02. The minimum Gasteiger partial charge on any atom is -0.489 e. The predicted molar refractivity (Wildman–Crippen MR) is 106 cm³/mol. The number of hydrogen-bond acceptors (Lipinski definition) is 5. The molecule has 3 rings (SSSR count). The number of oxazole rings is 1. The first-order valence-corrected chi connectivity index (χ1v) is 9.26. The summed E-state index contributed by atoms with van der Waals surface area (Å²) in [5.41, 5.74) is 0.925. The fourth-order valence-corrected chi connectivity index (χ4v) is 3.02. The van der Waals surface area contributed by atoms with Crippen molar-refractivity contribution in [1.82, 2.24) is 9.88 Å². The van der Waals surface area contributed by atoms with E-state index in [1.165, 1.54) is 4.57 Å². The first-order valence-electron chi connectivity index (χ1n) is 8.51. The van der Waals surface area contributed by atoms with Crippen molar-refractivity contribution in [3.05, 3.63) is 63.1 Å². The van der Waals surface area contributed by atoms with Gasteiger partial charge in [0.1, 0.15) is 29.5 Å². The Bertz CT molecular complexity index is 1050. The van der Waals surface area contributed by atoms with Gasteiger partial charge >= 0.3 is 5.76 Å². The summed E-state index contributed by atoms with van der Waals surface area (Å²) in [5, 5.41) is 13.2. The highest BCUT2D eigenvalue weighted by atomic mass is 35.5. The monoisotopic (exact) mass is 424 g/mol. The summed E-state index contributed by atoms with van der Waals surface area (Å²) in [5.74, 6) is -0.721. The number of aliphatic hydroxyl groups excluding tert-OH is 1. The van der Waals surface area contributed by atoms with Gasteiger partial charge in [-0.15, -0.1) is 0 Å². The second-order valence-corrected chi connectivity index (χ2v) is 6.93. The summed E-state index contributed by atoms with van der Waals surface area (Å²) < 4.78 is 11.8. The summed E-state index contributed by atoms with van der Waals surface area (Å²) in [6, 6.07) is 10.9. The molecule has 0 saturated heterocycles. The molecule has 0 spiro atoms. The highest BCUT2D eigenvalue weighted by Gasteiger charge is 2.21. The van der Waals surface area contributed by atoms with Gasteiger partial charge in [-0.2, -0.15) is 0 Å². The van der Waals surface area contributed by atoms with Crippen molar-refractivity contribution in [3.63, 3.8) is 0 Å². The Labute approximate surface area is 170 Å². The molecule has 0 radical (unpaired) electrons. The third kappa shape index (κ3) is 4.32. The number of hydrogen-bond donors (Lipinski definition) is 2. The Hall–Kier alpha value is -2.48. The van der Waals surface area contributed by atoms with Crippen LogP contribution in [0.15, 0.2) is 51.7 Å². The van der Waals surface area contributed by atoms with Crippen molar-refractivity contribution >= 4 is 40.2 Å². The minimum atomic E-state index is -0.982. The lowest BCUT2D eigenvalue weighted by Gasteiger charge is -2.17. The molecule has 3 aromatic rings. The lowest BCUT2D eigenvalue weighted by molar-refractivity contribution is -0.124. The van der Waals surface area contributed by atoms with Gasteiger partial charge in [0.15, 0.2) is 5.58 Å². The van der Waals surface area contributed by atoms with Crippen molar-refractivity contribution in [3.8, 4) is 5.75 Å². The molecule has 0 aliphatic rings. The van der Waals surface area contributed by atoms with Gasteiger partial charge in [0, 0.05) is 6.54 Å². The maximum Gasteiger partial charge on any atom is 0.420 e. The van der Waals surface area contributed by atoms with Crippen molar-refractivity contribution in [2.75, 3.05) is 13.2 Å². The molecule has 1 heterocycles. The van der Waals surface area contributed by atoms with Crippen LogP contribution in [0, 0.1) is 0 Å². The Balaban J connectivity index is 1.58. The number of carbonyl (C=O) groups excluding carboxylic acids is 1. The van der Waals surface area contributed by atoms with Crippen molar-refractivity contribution in [1.29, 1.82) is 0 Å². The quantitative estimate of drug-likeness (QED) is 0.607. The van der Waals surface area contributed by atoms with Gasteiger partial charge in [-0.1, -0.05) is 41.4 Å². The van der Waals surface area contributed by atoms with E-state index in [0.717, 1.165) is 0 Å². The van der Waals surface area contributed by atoms with Crippen LogP contribution in [0.5, 0.6) is 5.75 Å². The number of nitrogens with one attached hydrogen (secondary N) is 1. The molecule has 1 aromatic heterocycles. The number of halogens is 2. The summed E-state index contributed by atoms with van der Waals surface area (Å²) in [4.78, 5) is 24.5. The van der Waals surface area contributed by atoms with Crippen LogP contribution in [-0.4, -0.2) is 34.8 Å². The predicted octanol–water partition coefficient (Wildman–Crippen LogP) is 3.02. The Morgan fingerprint density at radius 2 is 2.00 bits per heavy atom. The van der Waals surface area contributed by atoms with Crippen LogP contribution in [0.4, 0.5) is 0 Å². The normalized spacial score (nSPS) is 13.3. The molecule has 0 fully saturated rings. The van der Waals surface area contributed by atoms with Gasteiger partial charge in [0.05, 0.1) is 10.5 Å². The zero-order chi connectivity index (χ0) is 20.3. The number of nitrogens with zero attached hydrogens (tertiary/aromatic N) is 1. The van der Waals surface area contributed by atoms with E-state index in [1.807, 2.05) is 0 Å². The highest BCUT2D eigenvalue weighted by Crippen LogP contribution is 2.31. The zero-order valence-corrected chi connectivity index (χ0v) is 16.4. The van der Waals surface area contributed by atoms with Gasteiger partial charge < -0.3 is 19.6 Å². The number of amides is 1. The van der Waals surface area contributed by atoms with E-state index in [0.29, 0.717) is 21.9 Å². The molecule has 2 atom stereocenters. The lowest BCUT2D eigenvalue weighted by atomic mass is 10.2. The summed E-state index contributed by atoms with van der Waals surface area (Å²) in [6.07, 6.45) is -0.982. The summed E-state index contributed by atoms with van der Waals surface area (Å²) in [6.45, 7) is 1.42. The number of rotatable bonds is 7. The Morgan fingerprint density at radius 3 is 2.79 bits per heavy atom. The Morgan fingerprint density at radius 1 is 1.25 bits per heavy atom. The smallest absolute Gasteiger partial charge is 0.420 e. The van der Waals surface area contributed by atoms with Crippen LogP contribution < -0.4 is 15.8 Å². The van der Waals surface area contributed by atoms with E-state index in [2.05, 4.69) is 5.32 Å². The molecule has 1 amide bonds. The molecule has 0 bridgehead atoms. The molecule has 28 heavy (non-hydrogen) atoms. The van der Waals surface area contributed by atoms with Crippen LogP contribution in [0.1, 0.15) is 13.0 Å². The molecule has 9 heteroatoms. The van der Waals surface area contributed by atoms with E-state index >= 15 is 0 Å². The molecular formula is C19H18Cl2N2O5. The molecule has 2 aromatic carbocycles.